The molecule has 1 unspecified atom stereocenters. The second-order valence-electron chi connectivity index (χ2n) is 4.46. The van der Waals surface area contributed by atoms with E-state index in [-0.39, 0.29) is 6.10 Å². The number of ether oxygens (including phenoxy) is 1. The molecule has 0 spiro atoms. The van der Waals surface area contributed by atoms with E-state index in [4.69, 9.17) is 16.3 Å². The summed E-state index contributed by atoms with van der Waals surface area (Å²) in [5.74, 6) is 0.720. The number of fused-ring (bicyclic) bond motifs is 1. The van der Waals surface area contributed by atoms with E-state index in [9.17, 15) is 0 Å². The molecule has 1 aromatic rings. The topological polar surface area (TPSA) is 35.0 Å². The summed E-state index contributed by atoms with van der Waals surface area (Å²) >= 11 is 6.26. The summed E-state index contributed by atoms with van der Waals surface area (Å²) in [4.78, 5) is 9.01. The molecule has 3 nitrogen and oxygen atoms in total. The van der Waals surface area contributed by atoms with Gasteiger partial charge < -0.3 is 4.74 Å². The molecule has 17 heavy (non-hydrogen) atoms. The molecule has 4 heteroatoms. The van der Waals surface area contributed by atoms with E-state index < -0.39 is 0 Å². The maximum atomic E-state index is 6.26. The molecule has 0 fully saturated rings. The Bertz CT molecular complexity index is 395. The van der Waals surface area contributed by atoms with Crippen LogP contribution in [0.3, 0.4) is 0 Å². The van der Waals surface area contributed by atoms with E-state index in [2.05, 4.69) is 9.97 Å². The summed E-state index contributed by atoms with van der Waals surface area (Å²) in [6.07, 6.45) is 5.59. The first kappa shape index (κ1) is 12.8. The highest BCUT2D eigenvalue weighted by atomic mass is 35.5. The Labute approximate surface area is 108 Å². The van der Waals surface area contributed by atoms with E-state index in [1.807, 2.05) is 13.8 Å². The minimum atomic E-state index is -0.0777. The lowest BCUT2D eigenvalue weighted by atomic mass is 10.1. The smallest absolute Gasteiger partial charge is 0.158 e. The summed E-state index contributed by atoms with van der Waals surface area (Å²) in [5.41, 5.74) is 2.28. The third kappa shape index (κ3) is 2.96. The van der Waals surface area contributed by atoms with Crippen LogP contribution in [0.15, 0.2) is 0 Å². The van der Waals surface area contributed by atoms with Crippen LogP contribution in [0.2, 0.25) is 5.15 Å². The highest BCUT2D eigenvalue weighted by Crippen LogP contribution is 2.26. The van der Waals surface area contributed by atoms with Crippen LogP contribution in [0.4, 0.5) is 0 Å². The molecule has 0 saturated carbocycles. The first-order valence-electron chi connectivity index (χ1n) is 6.39. The molecule has 1 atom stereocenters. The number of halogens is 1. The van der Waals surface area contributed by atoms with Crippen LogP contribution in [-0.4, -0.2) is 16.6 Å². The van der Waals surface area contributed by atoms with Gasteiger partial charge in [-0.15, -0.1) is 0 Å². The number of rotatable bonds is 3. The van der Waals surface area contributed by atoms with Crippen LogP contribution in [0.25, 0.3) is 0 Å². The van der Waals surface area contributed by atoms with Gasteiger partial charge in [0.15, 0.2) is 5.82 Å². The second-order valence-corrected chi connectivity index (χ2v) is 4.81. The van der Waals surface area contributed by atoms with Crippen LogP contribution in [-0.2, 0) is 17.6 Å². The summed E-state index contributed by atoms with van der Waals surface area (Å²) in [7, 11) is 0. The Morgan fingerprint density at radius 2 is 2.00 bits per heavy atom. The quantitative estimate of drug-likeness (QED) is 0.612. The standard InChI is InChI=1S/C13H19ClN2O/c1-3-17-9(2)13-15-11-8-6-4-5-7-10(11)12(14)16-13/h9H,3-8H2,1-2H3. The molecular formula is C13H19ClN2O. The Kier molecular flexibility index (Phi) is 4.35. The van der Waals surface area contributed by atoms with Crippen molar-refractivity contribution in [2.24, 2.45) is 0 Å². The van der Waals surface area contributed by atoms with Crippen molar-refractivity contribution in [2.75, 3.05) is 6.61 Å². The Hall–Kier alpha value is -0.670. The maximum Gasteiger partial charge on any atom is 0.158 e. The zero-order chi connectivity index (χ0) is 12.3. The van der Waals surface area contributed by atoms with E-state index in [1.165, 1.54) is 19.3 Å². The van der Waals surface area contributed by atoms with Gasteiger partial charge in [0.25, 0.3) is 0 Å². The molecule has 0 radical (unpaired) electrons. The average Bonchev–Trinajstić information content (AvgIpc) is 2.54. The van der Waals surface area contributed by atoms with Crippen molar-refractivity contribution in [1.82, 2.24) is 9.97 Å². The molecule has 1 aliphatic rings. The maximum absolute atomic E-state index is 6.26. The van der Waals surface area contributed by atoms with Crippen molar-refractivity contribution in [3.63, 3.8) is 0 Å². The molecule has 1 heterocycles. The molecule has 2 rings (SSSR count). The Morgan fingerprint density at radius 3 is 2.76 bits per heavy atom. The molecule has 0 aliphatic heterocycles. The number of hydrogen-bond donors (Lipinski definition) is 0. The van der Waals surface area contributed by atoms with Gasteiger partial charge in [0, 0.05) is 17.9 Å². The van der Waals surface area contributed by atoms with Gasteiger partial charge in [-0.1, -0.05) is 18.0 Å². The molecule has 0 saturated heterocycles. The first-order valence-corrected chi connectivity index (χ1v) is 6.77. The highest BCUT2D eigenvalue weighted by Gasteiger charge is 2.18. The normalized spacial score (nSPS) is 17.4. The van der Waals surface area contributed by atoms with E-state index in [0.29, 0.717) is 11.8 Å². The monoisotopic (exact) mass is 254 g/mol. The van der Waals surface area contributed by atoms with Gasteiger partial charge in [-0.25, -0.2) is 9.97 Å². The summed E-state index contributed by atoms with van der Waals surface area (Å²) in [6, 6.07) is 0. The predicted molar refractivity (Wildman–Crippen MR) is 68.3 cm³/mol. The van der Waals surface area contributed by atoms with Crippen molar-refractivity contribution in [2.45, 2.75) is 52.1 Å². The van der Waals surface area contributed by atoms with Crippen molar-refractivity contribution in [3.8, 4) is 0 Å². The number of nitrogens with zero attached hydrogens (tertiary/aromatic N) is 2. The van der Waals surface area contributed by atoms with Gasteiger partial charge in [0.05, 0.1) is 0 Å². The molecule has 1 aliphatic carbocycles. The third-order valence-corrected chi connectivity index (χ3v) is 3.49. The van der Waals surface area contributed by atoms with Gasteiger partial charge in [-0.2, -0.15) is 0 Å². The lowest BCUT2D eigenvalue weighted by Crippen LogP contribution is -2.10. The highest BCUT2D eigenvalue weighted by molar-refractivity contribution is 6.30. The predicted octanol–water partition coefficient (Wildman–Crippen LogP) is 3.50. The van der Waals surface area contributed by atoms with Crippen LogP contribution in [0.1, 0.15) is 56.3 Å². The average molecular weight is 255 g/mol. The molecule has 94 valence electrons. The molecule has 1 aromatic heterocycles. The van der Waals surface area contributed by atoms with E-state index in [1.54, 1.807) is 0 Å². The van der Waals surface area contributed by atoms with Gasteiger partial charge >= 0.3 is 0 Å². The summed E-state index contributed by atoms with van der Waals surface area (Å²) in [6.45, 7) is 4.61. The zero-order valence-electron chi connectivity index (χ0n) is 10.5. The molecule has 0 N–H and O–H groups in total. The SMILES string of the molecule is CCOC(C)c1nc(Cl)c2c(n1)CCCCC2. The van der Waals surface area contributed by atoms with Crippen molar-refractivity contribution < 1.29 is 4.74 Å². The fourth-order valence-electron chi connectivity index (χ4n) is 2.25. The fourth-order valence-corrected chi connectivity index (χ4v) is 2.54. The van der Waals surface area contributed by atoms with Gasteiger partial charge in [-0.3, -0.25) is 0 Å². The molecular weight excluding hydrogens is 236 g/mol. The van der Waals surface area contributed by atoms with Crippen LogP contribution >= 0.6 is 11.6 Å². The van der Waals surface area contributed by atoms with Crippen LogP contribution in [0, 0.1) is 0 Å². The number of aromatic nitrogens is 2. The summed E-state index contributed by atoms with van der Waals surface area (Å²) in [5, 5.41) is 0.624. The van der Waals surface area contributed by atoms with Crippen LogP contribution in [0.5, 0.6) is 0 Å². The number of aryl methyl sites for hydroxylation is 1. The lowest BCUT2D eigenvalue weighted by molar-refractivity contribution is 0.0698. The Morgan fingerprint density at radius 1 is 1.24 bits per heavy atom. The zero-order valence-corrected chi connectivity index (χ0v) is 11.3. The van der Waals surface area contributed by atoms with Gasteiger partial charge in [0.1, 0.15) is 11.3 Å². The van der Waals surface area contributed by atoms with Crippen LogP contribution < -0.4 is 0 Å². The largest absolute Gasteiger partial charge is 0.371 e. The van der Waals surface area contributed by atoms with Crippen molar-refractivity contribution in [3.05, 3.63) is 22.2 Å². The molecule has 0 amide bonds. The van der Waals surface area contributed by atoms with Crippen molar-refractivity contribution >= 4 is 11.6 Å². The van der Waals surface area contributed by atoms with E-state index in [0.717, 1.165) is 29.9 Å². The minimum absolute atomic E-state index is 0.0777. The van der Waals surface area contributed by atoms with Gasteiger partial charge in [-0.05, 0) is 39.5 Å². The number of hydrogen-bond acceptors (Lipinski definition) is 3. The Balaban J connectivity index is 2.31. The fraction of sp³-hybridized carbons (Fsp3) is 0.692. The third-order valence-electron chi connectivity index (χ3n) is 3.18. The lowest BCUT2D eigenvalue weighted by Gasteiger charge is -2.14. The van der Waals surface area contributed by atoms with E-state index >= 15 is 0 Å². The second kappa shape index (κ2) is 5.78. The van der Waals surface area contributed by atoms with Crippen molar-refractivity contribution in [1.29, 1.82) is 0 Å². The molecule has 0 bridgehead atoms. The molecule has 0 aromatic carbocycles. The first-order chi connectivity index (χ1) is 8.22. The minimum Gasteiger partial charge on any atom is -0.371 e. The van der Waals surface area contributed by atoms with Gasteiger partial charge in [0.2, 0.25) is 0 Å². The summed E-state index contributed by atoms with van der Waals surface area (Å²) < 4.78 is 5.52.